The smallest absolute Gasteiger partial charge is 0.317 e. The Labute approximate surface area is 101 Å². The molecule has 0 fully saturated rings. The van der Waals surface area contributed by atoms with E-state index in [1.165, 1.54) is 0 Å². The number of aliphatic hydroxyl groups excluding tert-OH is 4. The number of carboxylic acids is 1. The highest BCUT2D eigenvalue weighted by Gasteiger charge is 2.30. The molecule has 0 radical (unpaired) electrons. The van der Waals surface area contributed by atoms with E-state index in [0.717, 1.165) is 0 Å². The fraction of sp³-hybridized carbons (Fsp3) is 0.667. The first-order valence-electron chi connectivity index (χ1n) is 4.84. The third-order valence-corrected chi connectivity index (χ3v) is 1.91. The van der Waals surface area contributed by atoms with Crippen molar-refractivity contribution in [2.24, 2.45) is 0 Å². The van der Waals surface area contributed by atoms with Gasteiger partial charge in [0, 0.05) is 0 Å². The lowest BCUT2D eigenvalue weighted by Crippen LogP contribution is -2.45. The molecule has 0 aromatic rings. The van der Waals surface area contributed by atoms with Crippen molar-refractivity contribution >= 4 is 17.7 Å². The third-order valence-electron chi connectivity index (χ3n) is 1.91. The summed E-state index contributed by atoms with van der Waals surface area (Å²) < 4.78 is 4.21. The predicted octanol–water partition coefficient (Wildman–Crippen LogP) is -3.35. The van der Waals surface area contributed by atoms with Gasteiger partial charge < -0.3 is 30.3 Å². The number of Topliss-reactive ketones (excluding diaryl/α,β-unsaturated/α-hetero) is 1. The normalized spacial score (nSPS) is 15.6. The summed E-state index contributed by atoms with van der Waals surface area (Å²) in [6, 6.07) is 0. The largest absolute Gasteiger partial charge is 0.481 e. The molecule has 0 unspecified atom stereocenters. The van der Waals surface area contributed by atoms with Crippen LogP contribution in [0.5, 0.6) is 0 Å². The summed E-state index contributed by atoms with van der Waals surface area (Å²) in [6.45, 7) is -1.81. The fourth-order valence-electron chi connectivity index (χ4n) is 0.920. The molecule has 0 heterocycles. The molecule has 0 spiro atoms. The minimum atomic E-state index is -2.05. The molecule has 3 atom stereocenters. The molecule has 0 bridgehead atoms. The Morgan fingerprint density at radius 1 is 1.11 bits per heavy atom. The van der Waals surface area contributed by atoms with E-state index in [1.54, 1.807) is 0 Å². The molecule has 0 aliphatic rings. The van der Waals surface area contributed by atoms with Gasteiger partial charge in [-0.1, -0.05) is 0 Å². The molecule has 0 saturated carbocycles. The fourth-order valence-corrected chi connectivity index (χ4v) is 0.920. The van der Waals surface area contributed by atoms with E-state index in [4.69, 9.17) is 20.4 Å². The number of rotatable bonds is 8. The van der Waals surface area contributed by atoms with Crippen LogP contribution in [0.3, 0.4) is 0 Å². The van der Waals surface area contributed by atoms with E-state index in [-0.39, 0.29) is 0 Å². The van der Waals surface area contributed by atoms with Crippen LogP contribution in [0.4, 0.5) is 0 Å². The third kappa shape index (κ3) is 5.68. The highest BCUT2D eigenvalue weighted by Crippen LogP contribution is 2.02. The SMILES string of the molecule is O=C(O)CC(=O)OCC(=O)[C@H](O)[C@@H](O)[C@H](O)CO. The molecule has 0 aromatic carbocycles. The van der Waals surface area contributed by atoms with Crippen molar-refractivity contribution in [2.45, 2.75) is 24.7 Å². The first-order valence-corrected chi connectivity index (χ1v) is 4.84. The van der Waals surface area contributed by atoms with Crippen LogP contribution in [0.25, 0.3) is 0 Å². The quantitative estimate of drug-likeness (QED) is 0.223. The molecule has 0 saturated heterocycles. The number of ketones is 1. The number of carbonyl (C=O) groups is 3. The summed E-state index contributed by atoms with van der Waals surface area (Å²) in [7, 11) is 0. The van der Waals surface area contributed by atoms with Gasteiger partial charge in [-0.15, -0.1) is 0 Å². The molecule has 9 nitrogen and oxygen atoms in total. The van der Waals surface area contributed by atoms with Crippen molar-refractivity contribution < 1.29 is 44.7 Å². The maximum absolute atomic E-state index is 11.2. The molecule has 18 heavy (non-hydrogen) atoms. The van der Waals surface area contributed by atoms with Crippen LogP contribution in [-0.2, 0) is 19.1 Å². The van der Waals surface area contributed by atoms with Gasteiger partial charge in [-0.25, -0.2) is 0 Å². The van der Waals surface area contributed by atoms with Crippen molar-refractivity contribution in [1.29, 1.82) is 0 Å². The van der Waals surface area contributed by atoms with E-state index in [9.17, 15) is 19.5 Å². The minimum Gasteiger partial charge on any atom is -0.481 e. The predicted molar refractivity (Wildman–Crippen MR) is 53.3 cm³/mol. The zero-order valence-electron chi connectivity index (χ0n) is 9.22. The molecule has 0 aliphatic heterocycles. The lowest BCUT2D eigenvalue weighted by Gasteiger charge is -2.20. The van der Waals surface area contributed by atoms with Gasteiger partial charge in [0.2, 0.25) is 5.78 Å². The highest BCUT2D eigenvalue weighted by molar-refractivity contribution is 5.92. The Balaban J connectivity index is 4.16. The van der Waals surface area contributed by atoms with Gasteiger partial charge >= 0.3 is 11.9 Å². The zero-order chi connectivity index (χ0) is 14.3. The second kappa shape index (κ2) is 7.71. The van der Waals surface area contributed by atoms with Gasteiger partial charge in [0.05, 0.1) is 6.61 Å². The van der Waals surface area contributed by atoms with E-state index >= 15 is 0 Å². The average molecular weight is 266 g/mol. The summed E-state index contributed by atoms with van der Waals surface area (Å²) >= 11 is 0. The van der Waals surface area contributed by atoms with Crippen LogP contribution in [0, 0.1) is 0 Å². The molecule has 0 rings (SSSR count). The molecule has 0 aromatic heterocycles. The minimum absolute atomic E-state index is 0.871. The number of hydrogen-bond acceptors (Lipinski definition) is 8. The van der Waals surface area contributed by atoms with Gasteiger partial charge in [0.1, 0.15) is 24.7 Å². The monoisotopic (exact) mass is 266 g/mol. The van der Waals surface area contributed by atoms with Gasteiger partial charge in [-0.05, 0) is 0 Å². The second-order valence-corrected chi connectivity index (χ2v) is 3.38. The summed E-state index contributed by atoms with van der Waals surface area (Å²) in [6.07, 6.45) is -6.64. The second-order valence-electron chi connectivity index (χ2n) is 3.38. The van der Waals surface area contributed by atoms with Crippen LogP contribution in [-0.4, -0.2) is 74.8 Å². The molecular formula is C9H14O9. The maximum atomic E-state index is 11.2. The van der Waals surface area contributed by atoms with E-state index < -0.39 is 55.7 Å². The van der Waals surface area contributed by atoms with Crippen LogP contribution in [0.2, 0.25) is 0 Å². The number of aliphatic carboxylic acids is 1. The first-order chi connectivity index (χ1) is 8.29. The molecule has 104 valence electrons. The van der Waals surface area contributed by atoms with Crippen molar-refractivity contribution in [3.63, 3.8) is 0 Å². The van der Waals surface area contributed by atoms with Gasteiger partial charge in [0.25, 0.3) is 0 Å². The molecule has 0 amide bonds. The number of carboxylic acid groups (broad SMARTS) is 1. The van der Waals surface area contributed by atoms with Crippen molar-refractivity contribution in [2.75, 3.05) is 13.2 Å². The van der Waals surface area contributed by atoms with Gasteiger partial charge in [0.15, 0.2) is 6.61 Å². The maximum Gasteiger partial charge on any atom is 0.317 e. The number of carbonyl (C=O) groups excluding carboxylic acids is 2. The van der Waals surface area contributed by atoms with Crippen LogP contribution in [0.1, 0.15) is 6.42 Å². The topological polar surface area (TPSA) is 162 Å². The number of aliphatic hydroxyl groups is 4. The van der Waals surface area contributed by atoms with Crippen molar-refractivity contribution in [3.05, 3.63) is 0 Å². The Morgan fingerprint density at radius 2 is 1.67 bits per heavy atom. The average Bonchev–Trinajstić information content (AvgIpc) is 2.32. The number of ether oxygens (including phenoxy) is 1. The summed E-state index contributed by atoms with van der Waals surface area (Å²) in [5, 5.41) is 44.0. The number of hydrogen-bond donors (Lipinski definition) is 5. The summed E-state index contributed by atoms with van der Waals surface area (Å²) in [5.41, 5.74) is 0. The number of esters is 1. The van der Waals surface area contributed by atoms with Crippen LogP contribution in [0.15, 0.2) is 0 Å². The van der Waals surface area contributed by atoms with Crippen molar-refractivity contribution in [3.8, 4) is 0 Å². The van der Waals surface area contributed by atoms with Crippen LogP contribution < -0.4 is 0 Å². The Morgan fingerprint density at radius 3 is 2.11 bits per heavy atom. The van der Waals surface area contributed by atoms with Gasteiger partial charge in [-0.2, -0.15) is 0 Å². The lowest BCUT2D eigenvalue weighted by atomic mass is 10.1. The van der Waals surface area contributed by atoms with Gasteiger partial charge in [-0.3, -0.25) is 14.4 Å². The van der Waals surface area contributed by atoms with Crippen LogP contribution >= 0.6 is 0 Å². The van der Waals surface area contributed by atoms with E-state index in [0.29, 0.717) is 0 Å². The highest BCUT2D eigenvalue weighted by atomic mass is 16.5. The Bertz CT molecular complexity index is 313. The molecule has 5 N–H and O–H groups in total. The Hall–Kier alpha value is -1.55. The molecule has 9 heteroatoms. The zero-order valence-corrected chi connectivity index (χ0v) is 9.22. The van der Waals surface area contributed by atoms with E-state index in [1.807, 2.05) is 0 Å². The first kappa shape index (κ1) is 16.4. The molecule has 0 aliphatic carbocycles. The van der Waals surface area contributed by atoms with Crippen molar-refractivity contribution in [1.82, 2.24) is 0 Å². The molecular weight excluding hydrogens is 252 g/mol. The standard InChI is InChI=1S/C9H14O9/c10-2-4(11)8(16)9(17)5(12)3-18-7(15)1-6(13)14/h4,8-11,16-17H,1-3H2,(H,13,14)/t4-,8+,9+/m1/s1. The van der Waals surface area contributed by atoms with E-state index in [2.05, 4.69) is 4.74 Å². The lowest BCUT2D eigenvalue weighted by molar-refractivity contribution is -0.158. The summed E-state index contributed by atoms with van der Waals surface area (Å²) in [4.78, 5) is 32.0. The Kier molecular flexibility index (Phi) is 7.05. The summed E-state index contributed by atoms with van der Waals surface area (Å²) in [5.74, 6) is -3.75.